The molecule has 1 N–H and O–H groups in total. The monoisotopic (exact) mass is 354 g/mol. The summed E-state index contributed by atoms with van der Waals surface area (Å²) in [6.07, 6.45) is 0.919. The molecule has 2 aromatic carbocycles. The molecule has 1 aliphatic rings. The number of benzene rings is 2. The van der Waals surface area contributed by atoms with Crippen LogP contribution in [-0.2, 0) is 6.42 Å². The molecule has 3 rings (SSSR count). The van der Waals surface area contributed by atoms with Crippen molar-refractivity contribution >= 4 is 6.03 Å². The first-order chi connectivity index (χ1) is 12.6. The molecule has 138 valence electrons. The molecule has 0 aromatic heterocycles. The number of fused-ring (bicyclic) bond motifs is 1. The molecule has 0 radical (unpaired) electrons. The number of carbonyl (C=O) groups is 1. The third-order valence-electron chi connectivity index (χ3n) is 4.99. The van der Waals surface area contributed by atoms with E-state index in [9.17, 15) is 4.79 Å². The molecule has 5 nitrogen and oxygen atoms in total. The fourth-order valence-corrected chi connectivity index (χ4v) is 3.27. The summed E-state index contributed by atoms with van der Waals surface area (Å²) in [5.41, 5.74) is 2.19. The fourth-order valence-electron chi connectivity index (χ4n) is 3.27. The summed E-state index contributed by atoms with van der Waals surface area (Å²) >= 11 is 0. The molecule has 0 aliphatic carbocycles. The van der Waals surface area contributed by atoms with E-state index in [0.29, 0.717) is 13.2 Å². The second kappa shape index (κ2) is 8.13. The average molecular weight is 354 g/mol. The van der Waals surface area contributed by atoms with Gasteiger partial charge in [0.1, 0.15) is 11.5 Å². The standard InChI is InChI=1S/C21H26N2O3/c1-15(18-9-5-7-11-20(18)25-3)23(2)21(24)22-13-16-12-17-8-4-6-10-19(17)26-14-16/h4-11,15-16H,12-14H2,1-3H3,(H,22,24). The molecule has 2 unspecified atom stereocenters. The molecule has 1 heterocycles. The van der Waals surface area contributed by atoms with Crippen LogP contribution in [0.25, 0.3) is 0 Å². The van der Waals surface area contributed by atoms with Crippen molar-refractivity contribution in [2.24, 2.45) is 5.92 Å². The van der Waals surface area contributed by atoms with Gasteiger partial charge >= 0.3 is 6.03 Å². The molecule has 2 aromatic rings. The summed E-state index contributed by atoms with van der Waals surface area (Å²) in [4.78, 5) is 14.3. The number of amides is 2. The Labute approximate surface area is 154 Å². The summed E-state index contributed by atoms with van der Waals surface area (Å²) in [6, 6.07) is 15.7. The maximum Gasteiger partial charge on any atom is 0.317 e. The van der Waals surface area contributed by atoms with Gasteiger partial charge in [0.05, 0.1) is 19.8 Å². The van der Waals surface area contributed by atoms with Gasteiger partial charge < -0.3 is 19.7 Å². The first-order valence-electron chi connectivity index (χ1n) is 8.94. The van der Waals surface area contributed by atoms with Crippen LogP contribution in [0.4, 0.5) is 4.79 Å². The normalized spacial score (nSPS) is 16.8. The van der Waals surface area contributed by atoms with Gasteiger partial charge in [-0.1, -0.05) is 36.4 Å². The molecule has 1 aliphatic heterocycles. The topological polar surface area (TPSA) is 50.8 Å². The predicted molar refractivity (Wildman–Crippen MR) is 102 cm³/mol. The zero-order valence-corrected chi connectivity index (χ0v) is 15.6. The zero-order chi connectivity index (χ0) is 18.5. The van der Waals surface area contributed by atoms with E-state index in [2.05, 4.69) is 11.4 Å². The van der Waals surface area contributed by atoms with Crippen LogP contribution in [0, 0.1) is 5.92 Å². The molecule has 0 fully saturated rings. The molecule has 0 saturated carbocycles. The van der Waals surface area contributed by atoms with Crippen LogP contribution in [-0.4, -0.2) is 38.2 Å². The Morgan fingerprint density at radius 1 is 1.27 bits per heavy atom. The lowest BCUT2D eigenvalue weighted by Gasteiger charge is -2.29. The van der Waals surface area contributed by atoms with Crippen molar-refractivity contribution in [1.82, 2.24) is 10.2 Å². The lowest BCUT2D eigenvalue weighted by atomic mass is 9.97. The van der Waals surface area contributed by atoms with Crippen molar-refractivity contribution in [1.29, 1.82) is 0 Å². The molecule has 0 bridgehead atoms. The maximum absolute atomic E-state index is 12.6. The predicted octanol–water partition coefficient (Wildman–Crippen LogP) is 3.65. The van der Waals surface area contributed by atoms with Crippen LogP contribution in [0.1, 0.15) is 24.1 Å². The lowest BCUT2D eigenvalue weighted by Crippen LogP contribution is -2.42. The van der Waals surface area contributed by atoms with Gasteiger partial charge in [-0.15, -0.1) is 0 Å². The van der Waals surface area contributed by atoms with Crippen molar-refractivity contribution in [3.8, 4) is 11.5 Å². The minimum atomic E-state index is -0.0951. The van der Waals surface area contributed by atoms with Gasteiger partial charge in [0, 0.05) is 25.1 Å². The van der Waals surface area contributed by atoms with Crippen LogP contribution in [0.2, 0.25) is 0 Å². The summed E-state index contributed by atoms with van der Waals surface area (Å²) in [7, 11) is 3.45. The van der Waals surface area contributed by atoms with Gasteiger partial charge in [0.25, 0.3) is 0 Å². The number of methoxy groups -OCH3 is 1. The van der Waals surface area contributed by atoms with E-state index >= 15 is 0 Å². The van der Waals surface area contributed by atoms with Crippen molar-refractivity contribution in [2.75, 3.05) is 27.3 Å². The smallest absolute Gasteiger partial charge is 0.317 e. The van der Waals surface area contributed by atoms with E-state index in [0.717, 1.165) is 23.5 Å². The molecular formula is C21H26N2O3. The number of nitrogens with one attached hydrogen (secondary N) is 1. The van der Waals surface area contributed by atoms with Crippen molar-refractivity contribution in [3.05, 3.63) is 59.7 Å². The van der Waals surface area contributed by atoms with Crippen molar-refractivity contribution in [2.45, 2.75) is 19.4 Å². The number of para-hydroxylation sites is 2. The Bertz CT molecular complexity index is 762. The Morgan fingerprint density at radius 2 is 2.00 bits per heavy atom. The second-order valence-electron chi connectivity index (χ2n) is 6.70. The third kappa shape index (κ3) is 3.93. The number of carbonyl (C=O) groups excluding carboxylic acids is 1. The highest BCUT2D eigenvalue weighted by atomic mass is 16.5. The van der Waals surface area contributed by atoms with Gasteiger partial charge in [-0.05, 0) is 31.0 Å². The average Bonchev–Trinajstić information content (AvgIpc) is 2.70. The first-order valence-corrected chi connectivity index (χ1v) is 8.94. The number of nitrogens with zero attached hydrogens (tertiary/aromatic N) is 1. The Kier molecular flexibility index (Phi) is 5.66. The van der Waals surface area contributed by atoms with E-state index in [-0.39, 0.29) is 18.0 Å². The lowest BCUT2D eigenvalue weighted by molar-refractivity contribution is 0.183. The van der Waals surface area contributed by atoms with Crippen LogP contribution in [0.3, 0.4) is 0 Å². The van der Waals surface area contributed by atoms with E-state index < -0.39 is 0 Å². The Hall–Kier alpha value is -2.69. The molecule has 2 atom stereocenters. The van der Waals surface area contributed by atoms with Gasteiger partial charge in [0.2, 0.25) is 0 Å². The summed E-state index contributed by atoms with van der Waals surface area (Å²) in [6.45, 7) is 3.22. The molecule has 0 spiro atoms. The van der Waals surface area contributed by atoms with Gasteiger partial charge in [0.15, 0.2) is 0 Å². The number of ether oxygens (including phenoxy) is 2. The molecule has 0 saturated heterocycles. The van der Waals surface area contributed by atoms with Crippen LogP contribution in [0.15, 0.2) is 48.5 Å². The molecule has 5 heteroatoms. The van der Waals surface area contributed by atoms with Crippen molar-refractivity contribution < 1.29 is 14.3 Å². The maximum atomic E-state index is 12.6. The number of rotatable bonds is 5. The number of urea groups is 1. The SMILES string of the molecule is COc1ccccc1C(C)N(C)C(=O)NCC1COc2ccccc2C1. The quantitative estimate of drug-likeness (QED) is 0.892. The highest BCUT2D eigenvalue weighted by Crippen LogP contribution is 2.28. The van der Waals surface area contributed by atoms with Crippen LogP contribution >= 0.6 is 0 Å². The first kappa shape index (κ1) is 18.1. The summed E-state index contributed by atoms with van der Waals surface area (Å²) in [5.74, 6) is 2.03. The van der Waals surface area contributed by atoms with Crippen molar-refractivity contribution in [3.63, 3.8) is 0 Å². The Balaban J connectivity index is 1.56. The summed E-state index contributed by atoms with van der Waals surface area (Å²) < 4.78 is 11.2. The van der Waals surface area contributed by atoms with Crippen LogP contribution in [0.5, 0.6) is 11.5 Å². The van der Waals surface area contributed by atoms with E-state index in [1.165, 1.54) is 5.56 Å². The zero-order valence-electron chi connectivity index (χ0n) is 15.6. The fraction of sp³-hybridized carbons (Fsp3) is 0.381. The largest absolute Gasteiger partial charge is 0.496 e. The number of hydrogen-bond acceptors (Lipinski definition) is 3. The number of hydrogen-bond donors (Lipinski definition) is 1. The second-order valence-corrected chi connectivity index (χ2v) is 6.70. The van der Waals surface area contributed by atoms with Gasteiger partial charge in [-0.25, -0.2) is 4.79 Å². The molecular weight excluding hydrogens is 328 g/mol. The van der Waals surface area contributed by atoms with Gasteiger partial charge in [-0.3, -0.25) is 0 Å². The Morgan fingerprint density at radius 3 is 2.81 bits per heavy atom. The summed E-state index contributed by atoms with van der Waals surface area (Å²) in [5, 5.41) is 3.04. The van der Waals surface area contributed by atoms with E-state index in [1.807, 2.05) is 49.4 Å². The minimum absolute atomic E-state index is 0.0884. The van der Waals surface area contributed by atoms with E-state index in [1.54, 1.807) is 19.1 Å². The third-order valence-corrected chi connectivity index (χ3v) is 4.99. The minimum Gasteiger partial charge on any atom is -0.496 e. The molecule has 26 heavy (non-hydrogen) atoms. The highest BCUT2D eigenvalue weighted by molar-refractivity contribution is 5.74. The van der Waals surface area contributed by atoms with Gasteiger partial charge in [-0.2, -0.15) is 0 Å². The van der Waals surface area contributed by atoms with Crippen LogP contribution < -0.4 is 14.8 Å². The van der Waals surface area contributed by atoms with E-state index in [4.69, 9.17) is 9.47 Å². The molecule has 2 amide bonds. The highest BCUT2D eigenvalue weighted by Gasteiger charge is 2.23.